The Morgan fingerprint density at radius 2 is 1.88 bits per heavy atom. The molecule has 2 aliphatic rings. The first-order valence-electron chi connectivity index (χ1n) is 8.48. The highest BCUT2D eigenvalue weighted by atomic mass is 32.2. The smallest absolute Gasteiger partial charge is 0.317 e. The summed E-state index contributed by atoms with van der Waals surface area (Å²) in [5.41, 5.74) is 1.11. The summed E-state index contributed by atoms with van der Waals surface area (Å²) in [6.45, 7) is 1.77. The number of piperazine rings is 1. The maximum atomic E-state index is 12.5. The van der Waals surface area contributed by atoms with Crippen molar-refractivity contribution in [3.63, 3.8) is 0 Å². The highest BCUT2D eigenvalue weighted by molar-refractivity contribution is 7.91. The zero-order chi connectivity index (χ0) is 18.0. The van der Waals surface area contributed by atoms with Crippen LogP contribution in [0, 0.1) is 0 Å². The number of rotatable bonds is 4. The second kappa shape index (κ2) is 7.21. The van der Waals surface area contributed by atoms with Crippen molar-refractivity contribution in [3.05, 3.63) is 29.8 Å². The number of methoxy groups -OCH3 is 1. The molecule has 7 nitrogen and oxygen atoms in total. The Bertz CT molecular complexity index is 720. The molecule has 2 heterocycles. The lowest BCUT2D eigenvalue weighted by molar-refractivity contribution is 0.0835. The molecule has 0 bridgehead atoms. The van der Waals surface area contributed by atoms with Gasteiger partial charge >= 0.3 is 6.03 Å². The minimum absolute atomic E-state index is 0.0634. The van der Waals surface area contributed by atoms with Crippen LogP contribution in [0.15, 0.2) is 24.3 Å². The SMILES string of the molecule is COc1ccc(CCNC(=O)N2CCN(C)[C@H]3CS(=O)(=O)C[C@H]32)cc1. The third kappa shape index (κ3) is 4.07. The van der Waals surface area contributed by atoms with E-state index in [9.17, 15) is 13.2 Å². The van der Waals surface area contributed by atoms with Gasteiger partial charge < -0.3 is 15.0 Å². The van der Waals surface area contributed by atoms with Crippen molar-refractivity contribution in [3.8, 4) is 5.75 Å². The Hall–Kier alpha value is -1.80. The van der Waals surface area contributed by atoms with Crippen LogP contribution in [0.1, 0.15) is 5.56 Å². The van der Waals surface area contributed by atoms with Crippen LogP contribution in [0.25, 0.3) is 0 Å². The molecule has 0 aliphatic carbocycles. The van der Waals surface area contributed by atoms with Gasteiger partial charge in [-0.25, -0.2) is 13.2 Å². The summed E-state index contributed by atoms with van der Waals surface area (Å²) in [5.74, 6) is 1.01. The van der Waals surface area contributed by atoms with Crippen LogP contribution in [-0.2, 0) is 16.3 Å². The number of nitrogens with zero attached hydrogens (tertiary/aromatic N) is 2. The van der Waals surface area contributed by atoms with Crippen LogP contribution in [-0.4, -0.2) is 81.6 Å². The van der Waals surface area contributed by atoms with Crippen molar-refractivity contribution in [1.29, 1.82) is 0 Å². The summed E-state index contributed by atoms with van der Waals surface area (Å²) in [4.78, 5) is 16.3. The topological polar surface area (TPSA) is 79.0 Å². The van der Waals surface area contributed by atoms with Crippen molar-refractivity contribution in [1.82, 2.24) is 15.1 Å². The number of ether oxygens (including phenoxy) is 1. The van der Waals surface area contributed by atoms with Gasteiger partial charge in [-0.1, -0.05) is 12.1 Å². The quantitative estimate of drug-likeness (QED) is 0.831. The van der Waals surface area contributed by atoms with Gasteiger partial charge in [0.15, 0.2) is 9.84 Å². The van der Waals surface area contributed by atoms with E-state index in [2.05, 4.69) is 10.2 Å². The normalized spacial score (nSPS) is 25.4. The molecule has 0 unspecified atom stereocenters. The van der Waals surface area contributed by atoms with E-state index in [1.54, 1.807) is 12.0 Å². The van der Waals surface area contributed by atoms with Crippen LogP contribution in [0.4, 0.5) is 4.79 Å². The van der Waals surface area contributed by atoms with Crippen LogP contribution >= 0.6 is 0 Å². The Kier molecular flexibility index (Phi) is 5.19. The summed E-state index contributed by atoms with van der Waals surface area (Å²) in [6, 6.07) is 7.22. The van der Waals surface area contributed by atoms with Crippen LogP contribution in [0.2, 0.25) is 0 Å². The average Bonchev–Trinajstić information content (AvgIpc) is 2.91. The van der Waals surface area contributed by atoms with Gasteiger partial charge in [-0.15, -0.1) is 0 Å². The second-order valence-electron chi connectivity index (χ2n) is 6.72. The molecule has 8 heteroatoms. The molecule has 25 heavy (non-hydrogen) atoms. The van der Waals surface area contributed by atoms with E-state index in [-0.39, 0.29) is 29.6 Å². The number of nitrogens with one attached hydrogen (secondary N) is 1. The minimum Gasteiger partial charge on any atom is -0.497 e. The summed E-state index contributed by atoms with van der Waals surface area (Å²) in [6.07, 6.45) is 0.718. The molecule has 3 rings (SSSR count). The maximum absolute atomic E-state index is 12.5. The summed E-state index contributed by atoms with van der Waals surface area (Å²) >= 11 is 0. The van der Waals surface area contributed by atoms with Crippen molar-refractivity contribution in [2.45, 2.75) is 18.5 Å². The Balaban J connectivity index is 1.55. The standard InChI is InChI=1S/C17H25N3O4S/c1-19-9-10-20(16-12-25(22,23)11-15(16)19)17(21)18-8-7-13-3-5-14(24-2)6-4-13/h3-6,15-16H,7-12H2,1-2H3,(H,18,21)/t15-,16+/m0/s1. The first-order chi connectivity index (χ1) is 11.9. The van der Waals surface area contributed by atoms with Crippen molar-refractivity contribution in [2.75, 3.05) is 45.3 Å². The van der Waals surface area contributed by atoms with Crippen molar-refractivity contribution in [2.24, 2.45) is 0 Å². The first kappa shape index (κ1) is 18.0. The highest BCUT2D eigenvalue weighted by Gasteiger charge is 2.46. The molecular formula is C17H25N3O4S. The van der Waals surface area contributed by atoms with E-state index in [4.69, 9.17) is 4.74 Å². The Labute approximate surface area is 148 Å². The molecule has 2 fully saturated rings. The molecule has 0 spiro atoms. The van der Waals surface area contributed by atoms with Crippen LogP contribution < -0.4 is 10.1 Å². The number of urea groups is 1. The monoisotopic (exact) mass is 367 g/mol. The number of amides is 2. The third-order valence-electron chi connectivity index (χ3n) is 5.06. The fraction of sp³-hybridized carbons (Fsp3) is 0.588. The average molecular weight is 367 g/mol. The number of benzene rings is 1. The first-order valence-corrected chi connectivity index (χ1v) is 10.3. The van der Waals surface area contributed by atoms with Gasteiger partial charge in [0.05, 0.1) is 24.7 Å². The molecule has 0 aromatic heterocycles. The van der Waals surface area contributed by atoms with Crippen LogP contribution in [0.3, 0.4) is 0 Å². The Morgan fingerprint density at radius 3 is 2.56 bits per heavy atom. The molecule has 2 aliphatic heterocycles. The largest absolute Gasteiger partial charge is 0.497 e. The number of fused-ring (bicyclic) bond motifs is 1. The van der Waals surface area contributed by atoms with E-state index in [1.165, 1.54) is 0 Å². The van der Waals surface area contributed by atoms with Crippen molar-refractivity contribution < 1.29 is 17.9 Å². The van der Waals surface area contributed by atoms with Gasteiger partial charge in [0.2, 0.25) is 0 Å². The number of hydrogen-bond acceptors (Lipinski definition) is 5. The van der Waals surface area contributed by atoms with Gasteiger partial charge in [-0.05, 0) is 31.2 Å². The molecule has 1 N–H and O–H groups in total. The number of carbonyl (C=O) groups excluding carboxylic acids is 1. The van der Waals surface area contributed by atoms with E-state index in [0.717, 1.165) is 17.7 Å². The van der Waals surface area contributed by atoms with E-state index >= 15 is 0 Å². The third-order valence-corrected chi connectivity index (χ3v) is 6.76. The van der Waals surface area contributed by atoms with E-state index in [0.29, 0.717) is 19.6 Å². The number of sulfone groups is 1. The number of carbonyl (C=O) groups is 1. The van der Waals surface area contributed by atoms with Crippen LogP contribution in [0.5, 0.6) is 5.75 Å². The fourth-order valence-electron chi connectivity index (χ4n) is 3.59. The lowest BCUT2D eigenvalue weighted by Crippen LogP contribution is -2.61. The maximum Gasteiger partial charge on any atom is 0.317 e. The summed E-state index contributed by atoms with van der Waals surface area (Å²) in [7, 11) is 0.481. The van der Waals surface area contributed by atoms with Gasteiger partial charge in [0, 0.05) is 25.7 Å². The molecule has 0 radical (unpaired) electrons. The zero-order valence-electron chi connectivity index (χ0n) is 14.6. The zero-order valence-corrected chi connectivity index (χ0v) is 15.5. The lowest BCUT2D eigenvalue weighted by atomic mass is 10.1. The fourth-order valence-corrected chi connectivity index (χ4v) is 5.64. The lowest BCUT2D eigenvalue weighted by Gasteiger charge is -2.42. The van der Waals surface area contributed by atoms with Gasteiger partial charge in [-0.3, -0.25) is 4.90 Å². The molecule has 2 amide bonds. The predicted octanol–water partition coefficient (Wildman–Crippen LogP) is 0.360. The molecule has 2 atom stereocenters. The molecule has 1 aromatic rings. The summed E-state index contributed by atoms with van der Waals surface area (Å²) in [5, 5.41) is 2.93. The molecular weight excluding hydrogens is 342 g/mol. The number of likely N-dealkylation sites (N-methyl/N-ethyl adjacent to an activating group) is 1. The van der Waals surface area contributed by atoms with Gasteiger partial charge in [0.1, 0.15) is 5.75 Å². The van der Waals surface area contributed by atoms with E-state index in [1.807, 2.05) is 31.3 Å². The molecule has 1 aromatic carbocycles. The molecule has 0 saturated carbocycles. The van der Waals surface area contributed by atoms with Gasteiger partial charge in [-0.2, -0.15) is 0 Å². The summed E-state index contributed by atoms with van der Waals surface area (Å²) < 4.78 is 29.1. The number of hydrogen-bond donors (Lipinski definition) is 1. The van der Waals surface area contributed by atoms with Gasteiger partial charge in [0.25, 0.3) is 0 Å². The minimum atomic E-state index is -3.07. The predicted molar refractivity (Wildman–Crippen MR) is 95.7 cm³/mol. The Morgan fingerprint density at radius 1 is 1.20 bits per heavy atom. The second-order valence-corrected chi connectivity index (χ2v) is 8.87. The van der Waals surface area contributed by atoms with Crippen molar-refractivity contribution >= 4 is 15.9 Å². The van der Waals surface area contributed by atoms with E-state index < -0.39 is 9.84 Å². The highest BCUT2D eigenvalue weighted by Crippen LogP contribution is 2.25. The molecule has 2 saturated heterocycles. The molecule has 138 valence electrons.